The first-order chi connectivity index (χ1) is 7.29. The van der Waals surface area contributed by atoms with Gasteiger partial charge in [0.2, 0.25) is 10.0 Å². The largest absolute Gasteiger partial charge is 0.392 e. The highest BCUT2D eigenvalue weighted by molar-refractivity contribution is 7.89. The SMILES string of the molecule is CCCCS(=O)(=O)N1CCC(O)C(C)(C)C1. The summed E-state index contributed by atoms with van der Waals surface area (Å²) >= 11 is 0. The summed E-state index contributed by atoms with van der Waals surface area (Å²) in [6.45, 7) is 6.70. The summed E-state index contributed by atoms with van der Waals surface area (Å²) in [7, 11) is -3.12. The van der Waals surface area contributed by atoms with Crippen molar-refractivity contribution in [2.45, 2.75) is 46.1 Å². The lowest BCUT2D eigenvalue weighted by molar-refractivity contribution is -0.000306. The van der Waals surface area contributed by atoms with Gasteiger partial charge in [-0.05, 0) is 12.8 Å². The van der Waals surface area contributed by atoms with Gasteiger partial charge in [0.1, 0.15) is 0 Å². The molecule has 1 rings (SSSR count). The van der Waals surface area contributed by atoms with Crippen LogP contribution >= 0.6 is 0 Å². The molecule has 1 atom stereocenters. The molecule has 5 heteroatoms. The second kappa shape index (κ2) is 5.02. The molecule has 0 aliphatic carbocycles. The van der Waals surface area contributed by atoms with Crippen LogP contribution in [0.2, 0.25) is 0 Å². The molecule has 0 aromatic rings. The van der Waals surface area contributed by atoms with Gasteiger partial charge in [0.15, 0.2) is 0 Å². The molecule has 0 spiro atoms. The molecule has 1 aliphatic heterocycles. The Balaban J connectivity index is 2.69. The number of rotatable bonds is 4. The summed E-state index contributed by atoms with van der Waals surface area (Å²) in [6.07, 6.45) is 1.74. The highest BCUT2D eigenvalue weighted by Gasteiger charge is 2.38. The van der Waals surface area contributed by atoms with Crippen LogP contribution in [0.3, 0.4) is 0 Å². The van der Waals surface area contributed by atoms with Crippen LogP contribution in [-0.4, -0.2) is 42.8 Å². The van der Waals surface area contributed by atoms with Crippen LogP contribution in [0.5, 0.6) is 0 Å². The first kappa shape index (κ1) is 13.9. The smallest absolute Gasteiger partial charge is 0.214 e. The molecule has 16 heavy (non-hydrogen) atoms. The zero-order valence-corrected chi connectivity index (χ0v) is 11.3. The third kappa shape index (κ3) is 3.18. The van der Waals surface area contributed by atoms with Gasteiger partial charge in [-0.25, -0.2) is 12.7 Å². The summed E-state index contributed by atoms with van der Waals surface area (Å²) in [5, 5.41) is 9.78. The molecule has 1 fully saturated rings. The Bertz CT molecular complexity index is 324. The van der Waals surface area contributed by atoms with Crippen LogP contribution in [-0.2, 0) is 10.0 Å². The van der Waals surface area contributed by atoms with E-state index in [9.17, 15) is 13.5 Å². The minimum Gasteiger partial charge on any atom is -0.392 e. The van der Waals surface area contributed by atoms with E-state index in [1.807, 2.05) is 20.8 Å². The molecule has 0 amide bonds. The van der Waals surface area contributed by atoms with E-state index in [-0.39, 0.29) is 11.2 Å². The van der Waals surface area contributed by atoms with Gasteiger partial charge < -0.3 is 5.11 Å². The van der Waals surface area contributed by atoms with Gasteiger partial charge in [0.25, 0.3) is 0 Å². The predicted molar refractivity (Wildman–Crippen MR) is 64.7 cm³/mol. The number of piperidine rings is 1. The minimum absolute atomic E-state index is 0.232. The van der Waals surface area contributed by atoms with E-state index in [0.717, 1.165) is 6.42 Å². The second-order valence-corrected chi connectivity index (χ2v) is 7.38. The molecule has 0 radical (unpaired) electrons. The quantitative estimate of drug-likeness (QED) is 0.814. The van der Waals surface area contributed by atoms with E-state index >= 15 is 0 Å². The van der Waals surface area contributed by atoms with Crippen LogP contribution in [0.15, 0.2) is 0 Å². The van der Waals surface area contributed by atoms with Crippen LogP contribution in [0.25, 0.3) is 0 Å². The molecule has 1 saturated heterocycles. The molecule has 4 nitrogen and oxygen atoms in total. The van der Waals surface area contributed by atoms with Crippen molar-refractivity contribution in [2.24, 2.45) is 5.41 Å². The van der Waals surface area contributed by atoms with E-state index in [0.29, 0.717) is 25.9 Å². The lowest BCUT2D eigenvalue weighted by Crippen LogP contribution is -2.51. The zero-order valence-electron chi connectivity index (χ0n) is 10.4. The van der Waals surface area contributed by atoms with Gasteiger partial charge in [-0.2, -0.15) is 0 Å². The van der Waals surface area contributed by atoms with Crippen molar-refractivity contribution >= 4 is 10.0 Å². The van der Waals surface area contributed by atoms with Gasteiger partial charge in [-0.15, -0.1) is 0 Å². The van der Waals surface area contributed by atoms with Gasteiger partial charge in [0, 0.05) is 18.5 Å². The molecular formula is C11H23NO3S. The number of aliphatic hydroxyl groups is 1. The van der Waals surface area contributed by atoms with Gasteiger partial charge in [-0.1, -0.05) is 27.2 Å². The van der Waals surface area contributed by atoms with Crippen molar-refractivity contribution in [2.75, 3.05) is 18.8 Å². The monoisotopic (exact) mass is 249 g/mol. The van der Waals surface area contributed by atoms with Crippen LogP contribution < -0.4 is 0 Å². The van der Waals surface area contributed by atoms with Crippen molar-refractivity contribution in [3.63, 3.8) is 0 Å². The normalized spacial score (nSPS) is 26.9. The Morgan fingerprint density at radius 3 is 2.56 bits per heavy atom. The molecule has 1 unspecified atom stereocenters. The Hall–Kier alpha value is -0.130. The maximum Gasteiger partial charge on any atom is 0.214 e. The van der Waals surface area contributed by atoms with Gasteiger partial charge >= 0.3 is 0 Å². The third-order valence-electron chi connectivity index (χ3n) is 3.29. The summed E-state index contributed by atoms with van der Waals surface area (Å²) in [6, 6.07) is 0. The number of aliphatic hydroxyl groups excluding tert-OH is 1. The predicted octanol–water partition coefficient (Wildman–Crippen LogP) is 1.21. The van der Waals surface area contributed by atoms with Gasteiger partial charge in [0.05, 0.1) is 11.9 Å². The number of hydrogen-bond donors (Lipinski definition) is 1. The minimum atomic E-state index is -3.12. The number of unbranched alkanes of at least 4 members (excludes halogenated alkanes) is 1. The first-order valence-electron chi connectivity index (χ1n) is 5.95. The Morgan fingerprint density at radius 2 is 2.06 bits per heavy atom. The standard InChI is InChI=1S/C11H23NO3S/c1-4-5-8-16(14,15)12-7-6-10(13)11(2,3)9-12/h10,13H,4-9H2,1-3H3. The van der Waals surface area contributed by atoms with Crippen LogP contribution in [0.1, 0.15) is 40.0 Å². The molecule has 1 heterocycles. The summed E-state index contributed by atoms with van der Waals surface area (Å²) in [5.41, 5.74) is -0.336. The van der Waals surface area contributed by atoms with Crippen molar-refractivity contribution in [3.05, 3.63) is 0 Å². The highest BCUT2D eigenvalue weighted by Crippen LogP contribution is 2.30. The van der Waals surface area contributed by atoms with Crippen molar-refractivity contribution < 1.29 is 13.5 Å². The first-order valence-corrected chi connectivity index (χ1v) is 7.56. The van der Waals surface area contributed by atoms with E-state index in [1.54, 1.807) is 0 Å². The third-order valence-corrected chi connectivity index (χ3v) is 5.19. The Kier molecular flexibility index (Phi) is 4.37. The zero-order chi connectivity index (χ0) is 12.4. The fraction of sp³-hybridized carbons (Fsp3) is 1.00. The number of hydrogen-bond acceptors (Lipinski definition) is 3. The number of sulfonamides is 1. The summed E-state index contributed by atoms with van der Waals surface area (Å²) < 4.78 is 25.5. The average Bonchev–Trinajstić information content (AvgIpc) is 2.19. The van der Waals surface area contributed by atoms with Gasteiger partial charge in [-0.3, -0.25) is 0 Å². The summed E-state index contributed by atoms with van der Waals surface area (Å²) in [5.74, 6) is 0.232. The maximum absolute atomic E-state index is 12.0. The van der Waals surface area contributed by atoms with Crippen molar-refractivity contribution in [1.82, 2.24) is 4.31 Å². The maximum atomic E-state index is 12.0. The van der Waals surface area contributed by atoms with Crippen LogP contribution in [0.4, 0.5) is 0 Å². The Morgan fingerprint density at radius 1 is 1.44 bits per heavy atom. The molecular weight excluding hydrogens is 226 g/mol. The fourth-order valence-electron chi connectivity index (χ4n) is 1.99. The number of nitrogens with zero attached hydrogens (tertiary/aromatic N) is 1. The molecule has 1 N–H and O–H groups in total. The topological polar surface area (TPSA) is 57.6 Å². The average molecular weight is 249 g/mol. The molecule has 0 bridgehead atoms. The second-order valence-electron chi connectivity index (χ2n) is 5.30. The lowest BCUT2D eigenvalue weighted by Gasteiger charge is -2.41. The van der Waals surface area contributed by atoms with E-state index in [1.165, 1.54) is 4.31 Å². The van der Waals surface area contributed by atoms with E-state index in [2.05, 4.69) is 0 Å². The fourth-order valence-corrected chi connectivity index (χ4v) is 3.81. The van der Waals surface area contributed by atoms with Crippen molar-refractivity contribution in [1.29, 1.82) is 0 Å². The summed E-state index contributed by atoms with van der Waals surface area (Å²) in [4.78, 5) is 0. The molecule has 0 aromatic carbocycles. The van der Waals surface area contributed by atoms with E-state index in [4.69, 9.17) is 0 Å². The molecule has 0 saturated carbocycles. The molecule has 96 valence electrons. The lowest BCUT2D eigenvalue weighted by atomic mass is 9.82. The molecule has 0 aromatic heterocycles. The highest BCUT2D eigenvalue weighted by atomic mass is 32.2. The Labute approximate surface area is 98.7 Å². The van der Waals surface area contributed by atoms with Crippen LogP contribution in [0, 0.1) is 5.41 Å². The van der Waals surface area contributed by atoms with E-state index < -0.39 is 16.1 Å². The van der Waals surface area contributed by atoms with Crippen molar-refractivity contribution in [3.8, 4) is 0 Å². The molecule has 1 aliphatic rings.